The molecule has 0 spiro atoms. The van der Waals surface area contributed by atoms with Gasteiger partial charge in [0, 0.05) is 0 Å². The van der Waals surface area contributed by atoms with Crippen LogP contribution in [0.4, 0.5) is 0 Å². The van der Waals surface area contributed by atoms with E-state index < -0.39 is 0 Å². The van der Waals surface area contributed by atoms with Gasteiger partial charge in [-0.3, -0.25) is 4.79 Å². The molecule has 2 rings (SSSR count). The monoisotopic (exact) mass is 300 g/mol. The molecule has 0 radical (unpaired) electrons. The van der Waals surface area contributed by atoms with Crippen LogP contribution in [0.15, 0.2) is 34.9 Å². The minimum Gasteiger partial charge on any atom is -0.483 e. The van der Waals surface area contributed by atoms with E-state index in [0.717, 1.165) is 29.9 Å². The van der Waals surface area contributed by atoms with E-state index >= 15 is 0 Å². The van der Waals surface area contributed by atoms with Crippen LogP contribution in [0.2, 0.25) is 0 Å². The zero-order chi connectivity index (χ0) is 16.1. The molecule has 1 aromatic carbocycles. The zero-order valence-corrected chi connectivity index (χ0v) is 13.8. The second-order valence-electron chi connectivity index (χ2n) is 6.11. The topological polar surface area (TPSA) is 50.7 Å². The van der Waals surface area contributed by atoms with Crippen molar-refractivity contribution < 1.29 is 9.53 Å². The van der Waals surface area contributed by atoms with E-state index in [1.165, 1.54) is 11.1 Å². The van der Waals surface area contributed by atoms with Crippen LogP contribution < -0.4 is 10.2 Å². The molecule has 1 aliphatic carbocycles. The van der Waals surface area contributed by atoms with Crippen LogP contribution in [0.1, 0.15) is 50.7 Å². The lowest BCUT2D eigenvalue weighted by molar-refractivity contribution is -0.123. The van der Waals surface area contributed by atoms with Crippen LogP contribution in [-0.2, 0) is 4.79 Å². The summed E-state index contributed by atoms with van der Waals surface area (Å²) in [5.74, 6) is 0.880. The Bertz CT molecular complexity index is 616. The molecule has 0 saturated carbocycles. The van der Waals surface area contributed by atoms with E-state index in [-0.39, 0.29) is 12.5 Å². The maximum absolute atomic E-state index is 11.8. The summed E-state index contributed by atoms with van der Waals surface area (Å²) in [6.07, 6.45) is 3.92. The van der Waals surface area contributed by atoms with Gasteiger partial charge in [-0.25, -0.2) is 5.43 Å². The van der Waals surface area contributed by atoms with Crippen molar-refractivity contribution in [2.24, 2.45) is 5.10 Å². The van der Waals surface area contributed by atoms with Crippen molar-refractivity contribution in [2.45, 2.75) is 46.5 Å². The largest absolute Gasteiger partial charge is 0.483 e. The summed E-state index contributed by atoms with van der Waals surface area (Å²) in [6.45, 7) is 8.32. The molecule has 0 aromatic heterocycles. The summed E-state index contributed by atoms with van der Waals surface area (Å²) in [7, 11) is 0. The highest BCUT2D eigenvalue weighted by Crippen LogP contribution is 2.27. The van der Waals surface area contributed by atoms with Gasteiger partial charge in [0.2, 0.25) is 0 Å². The van der Waals surface area contributed by atoms with Crippen molar-refractivity contribution in [3.63, 3.8) is 0 Å². The highest BCUT2D eigenvalue weighted by molar-refractivity contribution is 5.98. The van der Waals surface area contributed by atoms with Crippen LogP contribution in [0.25, 0.3) is 0 Å². The van der Waals surface area contributed by atoms with Crippen LogP contribution in [0.3, 0.4) is 0 Å². The molecule has 0 bridgehead atoms. The fraction of sp³-hybridized carbons (Fsp3) is 0.444. The predicted molar refractivity (Wildman–Crippen MR) is 89.3 cm³/mol. The Morgan fingerprint density at radius 1 is 1.32 bits per heavy atom. The average molecular weight is 300 g/mol. The normalized spacial score (nSPS) is 16.0. The first-order valence-corrected chi connectivity index (χ1v) is 7.71. The summed E-state index contributed by atoms with van der Waals surface area (Å²) in [4.78, 5) is 11.8. The molecule has 1 aromatic rings. The molecule has 1 N–H and O–H groups in total. The van der Waals surface area contributed by atoms with E-state index in [1.54, 1.807) is 0 Å². The number of carbonyl (C=O) groups excluding carboxylic acids is 1. The van der Waals surface area contributed by atoms with Crippen LogP contribution in [0, 0.1) is 6.92 Å². The third kappa shape index (κ3) is 4.45. The van der Waals surface area contributed by atoms with Gasteiger partial charge in [-0.15, -0.1) is 0 Å². The first-order chi connectivity index (χ1) is 10.5. The molecule has 22 heavy (non-hydrogen) atoms. The third-order valence-corrected chi connectivity index (χ3v) is 3.66. The number of hydrogen-bond acceptors (Lipinski definition) is 3. The molecule has 0 atom stereocenters. The lowest BCUT2D eigenvalue weighted by Crippen LogP contribution is -2.25. The lowest BCUT2D eigenvalue weighted by Gasteiger charge is -2.14. The Kier molecular flexibility index (Phi) is 5.36. The van der Waals surface area contributed by atoms with Gasteiger partial charge in [0.05, 0.1) is 5.71 Å². The van der Waals surface area contributed by atoms with Gasteiger partial charge in [-0.1, -0.05) is 37.1 Å². The quantitative estimate of drug-likeness (QED) is 0.843. The second kappa shape index (κ2) is 7.25. The van der Waals surface area contributed by atoms with Crippen molar-refractivity contribution in [3.05, 3.63) is 41.0 Å². The number of allylic oxidation sites excluding steroid dienone is 2. The first-order valence-electron chi connectivity index (χ1n) is 7.71. The molecule has 4 heteroatoms. The number of hydrogen-bond donors (Lipinski definition) is 1. The number of amides is 1. The molecule has 1 aliphatic rings. The number of hydrazone groups is 1. The molecule has 1 amide bonds. The molecule has 0 aliphatic heterocycles. The fourth-order valence-corrected chi connectivity index (χ4v) is 2.40. The minimum atomic E-state index is -0.235. The smallest absolute Gasteiger partial charge is 0.277 e. The first kappa shape index (κ1) is 16.3. The van der Waals surface area contributed by atoms with Crippen LogP contribution in [-0.4, -0.2) is 18.2 Å². The van der Waals surface area contributed by atoms with Crippen molar-refractivity contribution in [1.29, 1.82) is 0 Å². The SMILES string of the molecule is CC1=C/C(=N/NC(=O)COc2ccc(C)cc2C(C)C)CC1. The van der Waals surface area contributed by atoms with Gasteiger partial charge in [0.25, 0.3) is 5.91 Å². The van der Waals surface area contributed by atoms with Gasteiger partial charge in [0.15, 0.2) is 6.61 Å². The van der Waals surface area contributed by atoms with E-state index in [4.69, 9.17) is 4.74 Å². The maximum Gasteiger partial charge on any atom is 0.277 e. The Balaban J connectivity index is 1.91. The third-order valence-electron chi connectivity index (χ3n) is 3.66. The van der Waals surface area contributed by atoms with E-state index in [1.807, 2.05) is 18.2 Å². The molecule has 0 heterocycles. The standard InChI is InChI=1S/C18H24N2O2/c1-12(2)16-10-14(4)6-8-17(16)22-11-18(21)20-19-15-7-5-13(3)9-15/h6,8-10,12H,5,7,11H2,1-4H3,(H,20,21)/b19-15+. The van der Waals surface area contributed by atoms with Crippen molar-refractivity contribution in [2.75, 3.05) is 6.61 Å². The Morgan fingerprint density at radius 3 is 2.73 bits per heavy atom. The Hall–Kier alpha value is -2.10. The van der Waals surface area contributed by atoms with E-state index in [0.29, 0.717) is 5.92 Å². The lowest BCUT2D eigenvalue weighted by atomic mass is 10.00. The Morgan fingerprint density at radius 2 is 2.09 bits per heavy atom. The summed E-state index contributed by atoms with van der Waals surface area (Å²) < 4.78 is 5.65. The summed E-state index contributed by atoms with van der Waals surface area (Å²) in [6, 6.07) is 6.02. The van der Waals surface area contributed by atoms with Gasteiger partial charge in [-0.2, -0.15) is 5.10 Å². The number of benzene rings is 1. The summed E-state index contributed by atoms with van der Waals surface area (Å²) in [5, 5.41) is 4.12. The van der Waals surface area contributed by atoms with Crippen molar-refractivity contribution >= 4 is 11.6 Å². The van der Waals surface area contributed by atoms with Gasteiger partial charge < -0.3 is 4.74 Å². The molecule has 0 saturated heterocycles. The average Bonchev–Trinajstić information content (AvgIpc) is 2.89. The van der Waals surface area contributed by atoms with Crippen LogP contribution in [0.5, 0.6) is 5.75 Å². The molecule has 0 fully saturated rings. The second-order valence-corrected chi connectivity index (χ2v) is 6.11. The zero-order valence-electron chi connectivity index (χ0n) is 13.8. The highest BCUT2D eigenvalue weighted by Gasteiger charge is 2.11. The van der Waals surface area contributed by atoms with Crippen LogP contribution >= 0.6 is 0 Å². The molecule has 4 nitrogen and oxygen atoms in total. The van der Waals surface area contributed by atoms with Crippen molar-refractivity contribution in [1.82, 2.24) is 5.43 Å². The number of aryl methyl sites for hydroxylation is 1. The highest BCUT2D eigenvalue weighted by atomic mass is 16.5. The van der Waals surface area contributed by atoms with Gasteiger partial charge in [0.1, 0.15) is 5.75 Å². The fourth-order valence-electron chi connectivity index (χ4n) is 2.40. The maximum atomic E-state index is 11.8. The summed E-state index contributed by atoms with van der Waals surface area (Å²) in [5.41, 5.74) is 7.08. The predicted octanol–water partition coefficient (Wildman–Crippen LogP) is 3.71. The van der Waals surface area contributed by atoms with Gasteiger partial charge in [-0.05, 0) is 50.3 Å². The molecular formula is C18H24N2O2. The van der Waals surface area contributed by atoms with E-state index in [2.05, 4.69) is 44.3 Å². The number of nitrogens with zero attached hydrogens (tertiary/aromatic N) is 1. The van der Waals surface area contributed by atoms with Gasteiger partial charge >= 0.3 is 0 Å². The minimum absolute atomic E-state index is 0.0255. The number of carbonyl (C=O) groups is 1. The molecule has 0 unspecified atom stereocenters. The number of nitrogens with one attached hydrogen (secondary N) is 1. The number of ether oxygens (including phenoxy) is 1. The van der Waals surface area contributed by atoms with E-state index in [9.17, 15) is 4.79 Å². The van der Waals surface area contributed by atoms with Crippen molar-refractivity contribution in [3.8, 4) is 5.75 Å². The summed E-state index contributed by atoms with van der Waals surface area (Å²) >= 11 is 0. The molecule has 118 valence electrons. The Labute approximate surface area is 132 Å². The number of rotatable bonds is 5. The molecular weight excluding hydrogens is 276 g/mol.